The molecule has 0 aliphatic rings. The van der Waals surface area contributed by atoms with E-state index in [1.165, 1.54) is 24.4 Å². The van der Waals surface area contributed by atoms with E-state index >= 15 is 0 Å². The summed E-state index contributed by atoms with van der Waals surface area (Å²) in [5.41, 5.74) is 1.22. The number of nitrogens with zero attached hydrogens (tertiary/aromatic N) is 3. The average molecular weight is 357 g/mol. The molecule has 126 valence electrons. The van der Waals surface area contributed by atoms with Crippen LogP contribution in [0.5, 0.6) is 0 Å². The fourth-order valence-corrected chi connectivity index (χ4v) is 2.51. The van der Waals surface area contributed by atoms with Crippen molar-refractivity contribution >= 4 is 29.2 Å². The summed E-state index contributed by atoms with van der Waals surface area (Å²) in [6.45, 7) is 1.75. The number of amides is 1. The third-order valence-corrected chi connectivity index (χ3v) is 3.90. The number of carboxylic acid groups (broad SMARTS) is 1. The van der Waals surface area contributed by atoms with Crippen molar-refractivity contribution in [3.63, 3.8) is 0 Å². The van der Waals surface area contributed by atoms with Crippen molar-refractivity contribution < 1.29 is 14.7 Å². The summed E-state index contributed by atoms with van der Waals surface area (Å²) in [6, 6.07) is 9.65. The first-order valence-corrected chi connectivity index (χ1v) is 7.65. The van der Waals surface area contributed by atoms with Crippen LogP contribution in [0.1, 0.15) is 26.4 Å². The summed E-state index contributed by atoms with van der Waals surface area (Å²) in [6.07, 6.45) is 3.07. The first-order chi connectivity index (χ1) is 12.0. The van der Waals surface area contributed by atoms with Gasteiger partial charge < -0.3 is 10.4 Å². The normalized spacial score (nSPS) is 10.5. The van der Waals surface area contributed by atoms with Crippen LogP contribution in [-0.2, 0) is 0 Å². The van der Waals surface area contributed by atoms with Gasteiger partial charge in [0.25, 0.3) is 5.91 Å². The number of carboxylic acids is 1. The highest BCUT2D eigenvalue weighted by atomic mass is 35.5. The van der Waals surface area contributed by atoms with Gasteiger partial charge in [-0.05, 0) is 37.3 Å². The Morgan fingerprint density at radius 1 is 1.20 bits per heavy atom. The number of nitrogens with one attached hydrogen (secondary N) is 1. The van der Waals surface area contributed by atoms with Crippen molar-refractivity contribution in [2.45, 2.75) is 6.92 Å². The summed E-state index contributed by atoms with van der Waals surface area (Å²) in [5, 5.41) is 16.0. The first-order valence-electron chi connectivity index (χ1n) is 7.27. The molecule has 0 aliphatic heterocycles. The molecule has 3 aromatic rings. The van der Waals surface area contributed by atoms with Gasteiger partial charge in [0.15, 0.2) is 5.82 Å². The second kappa shape index (κ2) is 6.74. The van der Waals surface area contributed by atoms with Gasteiger partial charge in [0.1, 0.15) is 0 Å². The quantitative estimate of drug-likeness (QED) is 0.748. The van der Waals surface area contributed by atoms with E-state index in [4.69, 9.17) is 16.7 Å². The van der Waals surface area contributed by atoms with Gasteiger partial charge in [0.05, 0.1) is 28.0 Å². The minimum absolute atomic E-state index is 0.0830. The molecule has 0 radical (unpaired) electrons. The molecule has 3 rings (SSSR count). The van der Waals surface area contributed by atoms with E-state index in [1.807, 2.05) is 6.07 Å². The van der Waals surface area contributed by atoms with Gasteiger partial charge in [0, 0.05) is 11.9 Å². The number of hydrogen-bond acceptors (Lipinski definition) is 4. The summed E-state index contributed by atoms with van der Waals surface area (Å²) in [5.74, 6) is -0.975. The second-order valence-corrected chi connectivity index (χ2v) is 5.60. The van der Waals surface area contributed by atoms with Crippen molar-refractivity contribution in [3.8, 4) is 5.82 Å². The molecule has 0 saturated heterocycles. The molecule has 0 bridgehead atoms. The zero-order valence-corrected chi connectivity index (χ0v) is 13.9. The molecule has 7 nitrogen and oxygen atoms in total. The fourth-order valence-electron chi connectivity index (χ4n) is 2.31. The van der Waals surface area contributed by atoms with Gasteiger partial charge >= 0.3 is 5.97 Å². The minimum atomic E-state index is -1.17. The van der Waals surface area contributed by atoms with Crippen LogP contribution >= 0.6 is 11.6 Å². The van der Waals surface area contributed by atoms with Crippen molar-refractivity contribution in [1.82, 2.24) is 14.8 Å². The van der Waals surface area contributed by atoms with E-state index in [0.29, 0.717) is 22.8 Å². The molecule has 0 saturated carbocycles. The minimum Gasteiger partial charge on any atom is -0.478 e. The molecule has 0 spiro atoms. The van der Waals surface area contributed by atoms with Crippen molar-refractivity contribution in [3.05, 3.63) is 70.6 Å². The molecule has 0 unspecified atom stereocenters. The number of anilines is 1. The molecule has 25 heavy (non-hydrogen) atoms. The predicted octanol–water partition coefficient (Wildman–Crippen LogP) is 3.18. The highest BCUT2D eigenvalue weighted by Gasteiger charge is 2.17. The van der Waals surface area contributed by atoms with Gasteiger partial charge in [-0.2, -0.15) is 5.10 Å². The van der Waals surface area contributed by atoms with Crippen LogP contribution in [0.2, 0.25) is 5.02 Å². The Balaban J connectivity index is 1.87. The molecule has 2 aromatic heterocycles. The second-order valence-electron chi connectivity index (χ2n) is 5.20. The Labute approximate surface area is 147 Å². The van der Waals surface area contributed by atoms with E-state index < -0.39 is 11.9 Å². The molecular formula is C17H13ClN4O3. The Hall–Kier alpha value is -3.19. The number of pyridine rings is 1. The average Bonchev–Trinajstić information content (AvgIpc) is 2.98. The lowest BCUT2D eigenvalue weighted by molar-refractivity contribution is 0.0696. The van der Waals surface area contributed by atoms with E-state index in [1.54, 1.807) is 29.9 Å². The molecule has 0 atom stereocenters. The maximum absolute atomic E-state index is 12.5. The summed E-state index contributed by atoms with van der Waals surface area (Å²) < 4.78 is 1.56. The smallest absolute Gasteiger partial charge is 0.337 e. The summed E-state index contributed by atoms with van der Waals surface area (Å²) in [7, 11) is 0. The standard InChI is InChI=1S/C17H13ClN4O3/c1-10-13(9-20-22(10)15-4-2-3-7-19-15)16(23)21-11-5-6-14(18)12(8-11)17(24)25/h2-9H,1H3,(H,21,23)(H,24,25). The number of aromatic nitrogens is 3. The van der Waals surface area contributed by atoms with Crippen LogP contribution in [0.25, 0.3) is 5.82 Å². The fraction of sp³-hybridized carbons (Fsp3) is 0.0588. The molecule has 8 heteroatoms. The number of aromatic carboxylic acids is 1. The molecule has 1 amide bonds. The topological polar surface area (TPSA) is 97.1 Å². The zero-order chi connectivity index (χ0) is 18.0. The lowest BCUT2D eigenvalue weighted by atomic mass is 10.2. The highest BCUT2D eigenvalue weighted by molar-refractivity contribution is 6.33. The largest absolute Gasteiger partial charge is 0.478 e. The van der Waals surface area contributed by atoms with E-state index in [2.05, 4.69) is 15.4 Å². The van der Waals surface area contributed by atoms with Crippen molar-refractivity contribution in [1.29, 1.82) is 0 Å². The third-order valence-electron chi connectivity index (χ3n) is 3.58. The molecule has 1 aromatic carbocycles. The third kappa shape index (κ3) is 3.36. The first kappa shape index (κ1) is 16.7. The summed E-state index contributed by atoms with van der Waals surface area (Å²) >= 11 is 5.83. The van der Waals surface area contributed by atoms with Crippen LogP contribution in [0, 0.1) is 6.92 Å². The highest BCUT2D eigenvalue weighted by Crippen LogP contribution is 2.21. The summed E-state index contributed by atoms with van der Waals surface area (Å²) in [4.78, 5) is 27.8. The van der Waals surface area contributed by atoms with Crippen molar-refractivity contribution in [2.24, 2.45) is 0 Å². The van der Waals surface area contributed by atoms with Crippen LogP contribution in [-0.4, -0.2) is 31.7 Å². The molecule has 0 fully saturated rings. The van der Waals surface area contributed by atoms with Gasteiger partial charge in [-0.25, -0.2) is 14.5 Å². The monoisotopic (exact) mass is 356 g/mol. The number of carbonyl (C=O) groups is 2. The van der Waals surface area contributed by atoms with Crippen molar-refractivity contribution in [2.75, 3.05) is 5.32 Å². The zero-order valence-electron chi connectivity index (χ0n) is 13.1. The Morgan fingerprint density at radius 3 is 2.68 bits per heavy atom. The van der Waals surface area contributed by atoms with Gasteiger partial charge in [-0.3, -0.25) is 4.79 Å². The van der Waals surface area contributed by atoms with Crippen LogP contribution in [0.15, 0.2) is 48.8 Å². The SMILES string of the molecule is Cc1c(C(=O)Nc2ccc(Cl)c(C(=O)O)c2)cnn1-c1ccccn1. The van der Waals surface area contributed by atoms with E-state index in [9.17, 15) is 9.59 Å². The predicted molar refractivity (Wildman–Crippen MR) is 92.5 cm³/mol. The van der Waals surface area contributed by atoms with Gasteiger partial charge in [-0.15, -0.1) is 0 Å². The number of rotatable bonds is 4. The Bertz CT molecular complexity index is 954. The number of carbonyl (C=O) groups excluding carboxylic acids is 1. The van der Waals surface area contributed by atoms with Crippen LogP contribution in [0.4, 0.5) is 5.69 Å². The molecular weight excluding hydrogens is 344 g/mol. The van der Waals surface area contributed by atoms with E-state index in [-0.39, 0.29) is 10.6 Å². The Kier molecular flexibility index (Phi) is 4.49. The van der Waals surface area contributed by atoms with Gasteiger partial charge in [-0.1, -0.05) is 17.7 Å². The van der Waals surface area contributed by atoms with Crippen LogP contribution < -0.4 is 5.32 Å². The lowest BCUT2D eigenvalue weighted by Gasteiger charge is -2.07. The lowest BCUT2D eigenvalue weighted by Crippen LogP contribution is -2.14. The number of hydrogen-bond donors (Lipinski definition) is 2. The molecule has 2 heterocycles. The van der Waals surface area contributed by atoms with Crippen LogP contribution in [0.3, 0.4) is 0 Å². The maximum atomic E-state index is 12.5. The maximum Gasteiger partial charge on any atom is 0.337 e. The molecule has 2 N–H and O–H groups in total. The number of halogens is 1. The van der Waals surface area contributed by atoms with E-state index in [0.717, 1.165) is 0 Å². The van der Waals surface area contributed by atoms with Gasteiger partial charge in [0.2, 0.25) is 0 Å². The number of benzene rings is 1. The Morgan fingerprint density at radius 2 is 2.00 bits per heavy atom. The molecule has 0 aliphatic carbocycles.